The molecule has 2 saturated heterocycles. The van der Waals surface area contributed by atoms with Gasteiger partial charge in [0.05, 0.1) is 18.4 Å². The van der Waals surface area contributed by atoms with Gasteiger partial charge in [0.1, 0.15) is 12.4 Å². The Kier molecular flexibility index (Phi) is 7.23. The summed E-state index contributed by atoms with van der Waals surface area (Å²) in [5, 5.41) is 2.48. The first-order valence-corrected chi connectivity index (χ1v) is 14.0. The third-order valence-electron chi connectivity index (χ3n) is 8.49. The highest BCUT2D eigenvalue weighted by Gasteiger charge is 2.31. The van der Waals surface area contributed by atoms with Crippen LogP contribution in [0, 0.1) is 6.92 Å². The summed E-state index contributed by atoms with van der Waals surface area (Å²) >= 11 is 0. The van der Waals surface area contributed by atoms with Crippen molar-refractivity contribution < 1.29 is 14.3 Å². The molecule has 0 bridgehead atoms. The van der Waals surface area contributed by atoms with Crippen LogP contribution in [0.1, 0.15) is 41.3 Å². The average molecular weight is 528 g/mol. The zero-order valence-corrected chi connectivity index (χ0v) is 22.9. The summed E-state index contributed by atoms with van der Waals surface area (Å²) in [6.45, 7) is 10.6. The Morgan fingerprint density at radius 2 is 1.92 bits per heavy atom. The number of piperazine rings is 1. The molecular formula is C31H37N5O3. The Balaban J connectivity index is 1.31. The minimum absolute atomic E-state index is 0.0272. The van der Waals surface area contributed by atoms with E-state index in [1.165, 1.54) is 34.4 Å². The minimum Gasteiger partial charge on any atom is -0.462 e. The highest BCUT2D eigenvalue weighted by molar-refractivity contribution is 5.89. The second kappa shape index (κ2) is 10.9. The predicted molar refractivity (Wildman–Crippen MR) is 152 cm³/mol. The summed E-state index contributed by atoms with van der Waals surface area (Å²) in [6.07, 6.45) is 4.27. The quantitative estimate of drug-likeness (QED) is 0.448. The van der Waals surface area contributed by atoms with Gasteiger partial charge in [-0.1, -0.05) is 43.0 Å². The fourth-order valence-electron chi connectivity index (χ4n) is 6.22. The molecule has 8 heteroatoms. The van der Waals surface area contributed by atoms with Crippen molar-refractivity contribution in [1.29, 1.82) is 0 Å². The number of benzene rings is 2. The van der Waals surface area contributed by atoms with Crippen LogP contribution in [0.15, 0.2) is 49.1 Å². The summed E-state index contributed by atoms with van der Waals surface area (Å²) in [6, 6.07) is 13.7. The fourth-order valence-corrected chi connectivity index (χ4v) is 6.22. The van der Waals surface area contributed by atoms with Gasteiger partial charge in [0, 0.05) is 44.2 Å². The Morgan fingerprint density at radius 1 is 1.13 bits per heavy atom. The molecule has 0 aliphatic carbocycles. The van der Waals surface area contributed by atoms with Crippen molar-refractivity contribution >= 4 is 22.5 Å². The molecule has 1 amide bonds. The van der Waals surface area contributed by atoms with Crippen LogP contribution in [0.4, 0.5) is 5.82 Å². The molecule has 0 saturated carbocycles. The number of amides is 1. The van der Waals surface area contributed by atoms with Crippen LogP contribution >= 0.6 is 0 Å². The van der Waals surface area contributed by atoms with E-state index < -0.39 is 0 Å². The van der Waals surface area contributed by atoms with Gasteiger partial charge >= 0.3 is 6.01 Å². The van der Waals surface area contributed by atoms with Crippen molar-refractivity contribution in [2.45, 2.75) is 44.9 Å². The first-order chi connectivity index (χ1) is 19.0. The Bertz CT molecular complexity index is 1380. The van der Waals surface area contributed by atoms with Gasteiger partial charge in [-0.25, -0.2) is 0 Å². The Labute approximate surface area is 230 Å². The van der Waals surface area contributed by atoms with E-state index in [0.29, 0.717) is 57.9 Å². The number of nitrogens with zero attached hydrogens (tertiary/aromatic N) is 5. The zero-order valence-electron chi connectivity index (χ0n) is 22.9. The Morgan fingerprint density at radius 3 is 2.67 bits per heavy atom. The van der Waals surface area contributed by atoms with Crippen LogP contribution in [0.25, 0.3) is 10.8 Å². The monoisotopic (exact) mass is 527 g/mol. The van der Waals surface area contributed by atoms with E-state index in [4.69, 9.17) is 19.4 Å². The van der Waals surface area contributed by atoms with E-state index in [0.717, 1.165) is 30.0 Å². The number of hydrogen-bond acceptors (Lipinski definition) is 7. The van der Waals surface area contributed by atoms with Crippen molar-refractivity contribution in [3.05, 3.63) is 71.4 Å². The number of aromatic nitrogens is 2. The molecule has 0 radical (unpaired) electrons. The van der Waals surface area contributed by atoms with Crippen LogP contribution < -0.4 is 9.64 Å². The molecule has 3 aliphatic rings. The topological polar surface area (TPSA) is 71.0 Å². The maximum absolute atomic E-state index is 12.1. The molecule has 1 aromatic heterocycles. The standard InChI is InChI=1S/C31H37N5O3/c1-4-28(37)35-14-16-36(17-15-35)30-25-20-38-27(24-12-6-10-22-9-5-8-21(2)29(22)24)18-26(25)32-31(33-30)39-19-23-11-7-13-34(23)3/h4-6,8-10,12,23,27H,1,7,11,13-20H2,2-3H3. The van der Waals surface area contributed by atoms with Crippen LogP contribution in [-0.4, -0.2) is 78.1 Å². The average Bonchev–Trinajstić information content (AvgIpc) is 3.39. The summed E-state index contributed by atoms with van der Waals surface area (Å²) in [5.41, 5.74) is 4.46. The van der Waals surface area contributed by atoms with Crippen molar-refractivity contribution in [2.24, 2.45) is 0 Å². The van der Waals surface area contributed by atoms with Gasteiger partial charge in [0.2, 0.25) is 5.91 Å². The van der Waals surface area contributed by atoms with E-state index >= 15 is 0 Å². The second-order valence-electron chi connectivity index (χ2n) is 10.9. The molecule has 0 N–H and O–H groups in total. The van der Waals surface area contributed by atoms with Crippen molar-refractivity contribution in [3.8, 4) is 6.01 Å². The first kappa shape index (κ1) is 25.8. The summed E-state index contributed by atoms with van der Waals surface area (Å²) < 4.78 is 12.8. The van der Waals surface area contributed by atoms with E-state index in [9.17, 15) is 4.79 Å². The molecule has 39 heavy (non-hydrogen) atoms. The van der Waals surface area contributed by atoms with E-state index in [1.54, 1.807) is 0 Å². The largest absolute Gasteiger partial charge is 0.462 e. The molecule has 3 aromatic rings. The van der Waals surface area contributed by atoms with Gasteiger partial charge in [-0.05, 0) is 61.3 Å². The lowest BCUT2D eigenvalue weighted by Gasteiger charge is -2.37. The number of anilines is 1. The number of ether oxygens (including phenoxy) is 2. The molecule has 2 fully saturated rings. The molecule has 3 aliphatic heterocycles. The number of hydrogen-bond donors (Lipinski definition) is 0. The van der Waals surface area contributed by atoms with Gasteiger partial charge in [0.25, 0.3) is 0 Å². The van der Waals surface area contributed by atoms with Gasteiger partial charge in [-0.2, -0.15) is 9.97 Å². The summed E-state index contributed by atoms with van der Waals surface area (Å²) in [4.78, 5) is 28.4. The molecule has 2 aromatic carbocycles. The van der Waals surface area contributed by atoms with Crippen molar-refractivity contribution in [3.63, 3.8) is 0 Å². The van der Waals surface area contributed by atoms with Crippen LogP contribution in [0.3, 0.4) is 0 Å². The number of rotatable bonds is 6. The number of carbonyl (C=O) groups excluding carboxylic acids is 1. The van der Waals surface area contributed by atoms with E-state index in [1.807, 2.05) is 4.90 Å². The van der Waals surface area contributed by atoms with Crippen LogP contribution in [0.5, 0.6) is 6.01 Å². The number of carbonyl (C=O) groups is 1. The molecular weight excluding hydrogens is 490 g/mol. The Hall–Kier alpha value is -3.49. The molecule has 6 rings (SSSR count). The van der Waals surface area contributed by atoms with Crippen molar-refractivity contribution in [1.82, 2.24) is 19.8 Å². The lowest BCUT2D eigenvalue weighted by molar-refractivity contribution is -0.126. The van der Waals surface area contributed by atoms with Gasteiger partial charge in [0.15, 0.2) is 0 Å². The van der Waals surface area contributed by atoms with Crippen LogP contribution in [-0.2, 0) is 22.6 Å². The maximum Gasteiger partial charge on any atom is 0.318 e. The molecule has 2 atom stereocenters. The fraction of sp³-hybridized carbons (Fsp3) is 0.452. The normalized spacial score (nSPS) is 21.7. The number of fused-ring (bicyclic) bond motifs is 2. The second-order valence-corrected chi connectivity index (χ2v) is 10.9. The molecule has 0 spiro atoms. The number of likely N-dealkylation sites (tertiary alicyclic amines) is 1. The third kappa shape index (κ3) is 5.11. The molecule has 8 nitrogen and oxygen atoms in total. The van der Waals surface area contributed by atoms with Gasteiger partial charge in [-0.3, -0.25) is 4.79 Å². The molecule has 204 valence electrons. The highest BCUT2D eigenvalue weighted by Crippen LogP contribution is 2.38. The van der Waals surface area contributed by atoms with E-state index in [2.05, 4.69) is 66.7 Å². The van der Waals surface area contributed by atoms with Gasteiger partial charge < -0.3 is 24.2 Å². The minimum atomic E-state index is -0.0964. The maximum atomic E-state index is 12.1. The number of likely N-dealkylation sites (N-methyl/N-ethyl adjacent to an activating group) is 1. The smallest absolute Gasteiger partial charge is 0.318 e. The molecule has 2 unspecified atom stereocenters. The lowest BCUT2D eigenvalue weighted by Crippen LogP contribution is -2.49. The van der Waals surface area contributed by atoms with E-state index in [-0.39, 0.29) is 12.0 Å². The third-order valence-corrected chi connectivity index (χ3v) is 8.49. The van der Waals surface area contributed by atoms with Gasteiger partial charge in [-0.15, -0.1) is 0 Å². The lowest BCUT2D eigenvalue weighted by atomic mass is 9.92. The number of aryl methyl sites for hydroxylation is 1. The van der Waals surface area contributed by atoms with Crippen molar-refractivity contribution in [2.75, 3.05) is 51.3 Å². The zero-order chi connectivity index (χ0) is 26.9. The summed E-state index contributed by atoms with van der Waals surface area (Å²) in [5.74, 6) is 0.841. The first-order valence-electron chi connectivity index (χ1n) is 14.0. The van der Waals surface area contributed by atoms with Crippen LogP contribution in [0.2, 0.25) is 0 Å². The molecule has 4 heterocycles. The highest BCUT2D eigenvalue weighted by atomic mass is 16.5. The predicted octanol–water partition coefficient (Wildman–Crippen LogP) is 4.06. The summed E-state index contributed by atoms with van der Waals surface area (Å²) in [7, 11) is 2.15. The SMILES string of the molecule is C=CC(=O)N1CCN(c2nc(OCC3CCCN3C)nc3c2COC(c2cccc4cccc(C)c24)C3)CC1.